The Bertz CT molecular complexity index is 958. The molecule has 0 fully saturated rings. The number of carbonyl (C=O) groups is 2. The number of halogens is 1. The average molecular weight is 438 g/mol. The van der Waals surface area contributed by atoms with Crippen LogP contribution in [0.3, 0.4) is 0 Å². The molecule has 0 bridgehead atoms. The quantitative estimate of drug-likeness (QED) is 0.571. The second-order valence-electron chi connectivity index (χ2n) is 6.29. The van der Waals surface area contributed by atoms with Gasteiger partial charge in [-0.05, 0) is 34.9 Å². The maximum absolute atomic E-state index is 13.0. The van der Waals surface area contributed by atoms with Crippen LogP contribution >= 0.6 is 15.9 Å². The summed E-state index contributed by atoms with van der Waals surface area (Å²) in [5.74, 6) is -0.798. The van der Waals surface area contributed by atoms with Crippen molar-refractivity contribution < 1.29 is 14.3 Å². The van der Waals surface area contributed by atoms with Crippen molar-refractivity contribution in [1.29, 1.82) is 0 Å². The van der Waals surface area contributed by atoms with Crippen LogP contribution in [0.5, 0.6) is 0 Å². The zero-order valence-electron chi connectivity index (χ0n) is 15.4. The summed E-state index contributed by atoms with van der Waals surface area (Å²) in [6, 6.07) is 23.9. The molecule has 0 saturated heterocycles. The third-order valence-electron chi connectivity index (χ3n) is 4.38. The largest absolute Gasteiger partial charge is 0.467 e. The molecule has 0 radical (unpaired) electrons. The molecule has 142 valence electrons. The van der Waals surface area contributed by atoms with Gasteiger partial charge in [0.15, 0.2) is 0 Å². The molecule has 1 amide bonds. The van der Waals surface area contributed by atoms with Crippen LogP contribution in [0.1, 0.15) is 15.9 Å². The molecule has 3 rings (SSSR count). The second kappa shape index (κ2) is 9.33. The standard InChI is InChI=1S/C23H20BrNO3/c1-28-23(27)21(14-16-8-4-2-5-9-16)25-22(26)19-13-12-18(24)15-20(19)17-10-6-3-7-11-17/h2-13,15,21H,14H2,1H3,(H,25,26). The van der Waals surface area contributed by atoms with Crippen molar-refractivity contribution in [3.05, 3.63) is 94.5 Å². The molecule has 4 nitrogen and oxygen atoms in total. The number of carbonyl (C=O) groups excluding carboxylic acids is 2. The van der Waals surface area contributed by atoms with Gasteiger partial charge in [0.2, 0.25) is 0 Å². The summed E-state index contributed by atoms with van der Waals surface area (Å²) in [7, 11) is 1.32. The summed E-state index contributed by atoms with van der Waals surface area (Å²) >= 11 is 3.47. The van der Waals surface area contributed by atoms with Crippen LogP contribution in [-0.4, -0.2) is 25.0 Å². The minimum absolute atomic E-state index is 0.322. The number of nitrogens with one attached hydrogen (secondary N) is 1. The summed E-state index contributed by atoms with van der Waals surface area (Å²) in [5.41, 5.74) is 3.15. The molecule has 0 saturated carbocycles. The minimum Gasteiger partial charge on any atom is -0.467 e. The van der Waals surface area contributed by atoms with E-state index in [1.54, 1.807) is 6.07 Å². The van der Waals surface area contributed by atoms with Gasteiger partial charge in [0.25, 0.3) is 5.91 Å². The van der Waals surface area contributed by atoms with Crippen molar-refractivity contribution in [3.63, 3.8) is 0 Å². The first-order valence-electron chi connectivity index (χ1n) is 8.86. The van der Waals surface area contributed by atoms with E-state index in [0.29, 0.717) is 12.0 Å². The van der Waals surface area contributed by atoms with Crippen molar-refractivity contribution in [2.75, 3.05) is 7.11 Å². The fraction of sp³-hybridized carbons (Fsp3) is 0.130. The van der Waals surface area contributed by atoms with Crippen LogP contribution in [0, 0.1) is 0 Å². The van der Waals surface area contributed by atoms with Crippen molar-refractivity contribution in [1.82, 2.24) is 5.32 Å². The van der Waals surface area contributed by atoms with Crippen LogP contribution in [0.4, 0.5) is 0 Å². The highest BCUT2D eigenvalue weighted by molar-refractivity contribution is 9.10. The molecular formula is C23H20BrNO3. The highest BCUT2D eigenvalue weighted by Gasteiger charge is 2.24. The fourth-order valence-corrected chi connectivity index (χ4v) is 3.35. The molecule has 1 unspecified atom stereocenters. The van der Waals surface area contributed by atoms with E-state index in [0.717, 1.165) is 21.2 Å². The summed E-state index contributed by atoms with van der Waals surface area (Å²) in [5, 5.41) is 2.83. The van der Waals surface area contributed by atoms with Gasteiger partial charge in [-0.2, -0.15) is 0 Å². The average Bonchev–Trinajstić information content (AvgIpc) is 2.74. The molecule has 3 aromatic rings. The zero-order chi connectivity index (χ0) is 19.9. The topological polar surface area (TPSA) is 55.4 Å². The smallest absolute Gasteiger partial charge is 0.328 e. The molecule has 1 atom stereocenters. The predicted molar refractivity (Wildman–Crippen MR) is 113 cm³/mol. The van der Waals surface area contributed by atoms with Crippen LogP contribution in [-0.2, 0) is 16.0 Å². The van der Waals surface area contributed by atoms with Gasteiger partial charge in [0.1, 0.15) is 6.04 Å². The maximum Gasteiger partial charge on any atom is 0.328 e. The van der Waals surface area contributed by atoms with E-state index in [1.807, 2.05) is 72.8 Å². The van der Waals surface area contributed by atoms with Crippen LogP contribution in [0.15, 0.2) is 83.3 Å². The summed E-state index contributed by atoms with van der Waals surface area (Å²) in [6.07, 6.45) is 0.358. The molecule has 0 aliphatic rings. The van der Waals surface area contributed by atoms with E-state index < -0.39 is 12.0 Å². The van der Waals surface area contributed by atoms with E-state index in [-0.39, 0.29) is 5.91 Å². The number of esters is 1. The van der Waals surface area contributed by atoms with Crippen molar-refractivity contribution in [3.8, 4) is 11.1 Å². The van der Waals surface area contributed by atoms with Crippen LogP contribution in [0.2, 0.25) is 0 Å². The van der Waals surface area contributed by atoms with E-state index in [4.69, 9.17) is 4.74 Å². The Morgan fingerprint density at radius 3 is 2.25 bits per heavy atom. The van der Waals surface area contributed by atoms with Gasteiger partial charge in [-0.3, -0.25) is 4.79 Å². The number of ether oxygens (including phenoxy) is 1. The highest BCUT2D eigenvalue weighted by Crippen LogP contribution is 2.27. The Balaban J connectivity index is 1.89. The minimum atomic E-state index is -0.771. The van der Waals surface area contributed by atoms with E-state index in [1.165, 1.54) is 7.11 Å². The Kier molecular flexibility index (Phi) is 6.61. The molecule has 0 heterocycles. The lowest BCUT2D eigenvalue weighted by Gasteiger charge is -2.18. The second-order valence-corrected chi connectivity index (χ2v) is 7.21. The SMILES string of the molecule is COC(=O)C(Cc1ccccc1)NC(=O)c1ccc(Br)cc1-c1ccccc1. The van der Waals surface area contributed by atoms with E-state index in [9.17, 15) is 9.59 Å². The molecule has 1 N–H and O–H groups in total. The van der Waals surface area contributed by atoms with E-state index >= 15 is 0 Å². The van der Waals surface area contributed by atoms with Gasteiger partial charge in [-0.15, -0.1) is 0 Å². The summed E-state index contributed by atoms with van der Waals surface area (Å²) in [4.78, 5) is 25.3. The monoisotopic (exact) mass is 437 g/mol. The lowest BCUT2D eigenvalue weighted by Crippen LogP contribution is -2.43. The van der Waals surface area contributed by atoms with Gasteiger partial charge in [0.05, 0.1) is 7.11 Å². The first-order chi connectivity index (χ1) is 13.6. The molecule has 0 aromatic heterocycles. The number of rotatable bonds is 6. The summed E-state index contributed by atoms with van der Waals surface area (Å²) < 4.78 is 5.77. The third kappa shape index (κ3) is 4.87. The Morgan fingerprint density at radius 1 is 0.964 bits per heavy atom. The van der Waals surface area contributed by atoms with Crippen molar-refractivity contribution in [2.45, 2.75) is 12.5 Å². The van der Waals surface area contributed by atoms with Crippen molar-refractivity contribution >= 4 is 27.8 Å². The van der Waals surface area contributed by atoms with Crippen molar-refractivity contribution in [2.24, 2.45) is 0 Å². The Morgan fingerprint density at radius 2 is 1.61 bits per heavy atom. The number of benzene rings is 3. The lowest BCUT2D eigenvalue weighted by molar-refractivity contribution is -0.142. The molecular weight excluding hydrogens is 418 g/mol. The molecule has 0 aliphatic carbocycles. The first kappa shape index (κ1) is 19.8. The first-order valence-corrected chi connectivity index (χ1v) is 9.65. The number of hydrogen-bond acceptors (Lipinski definition) is 3. The van der Waals surface area contributed by atoms with Gasteiger partial charge in [-0.1, -0.05) is 76.6 Å². The van der Waals surface area contributed by atoms with Crippen LogP contribution < -0.4 is 5.32 Å². The number of hydrogen-bond donors (Lipinski definition) is 1. The predicted octanol–water partition coefficient (Wildman–Crippen LogP) is 4.63. The van der Waals surface area contributed by atoms with Crippen LogP contribution in [0.25, 0.3) is 11.1 Å². The number of methoxy groups -OCH3 is 1. The Labute approximate surface area is 172 Å². The normalized spacial score (nSPS) is 11.5. The molecule has 0 aliphatic heterocycles. The maximum atomic E-state index is 13.0. The van der Waals surface area contributed by atoms with Gasteiger partial charge in [-0.25, -0.2) is 4.79 Å². The van der Waals surface area contributed by atoms with E-state index in [2.05, 4.69) is 21.2 Å². The lowest BCUT2D eigenvalue weighted by atomic mass is 9.98. The molecule has 5 heteroatoms. The molecule has 3 aromatic carbocycles. The zero-order valence-corrected chi connectivity index (χ0v) is 17.0. The molecule has 0 spiro atoms. The highest BCUT2D eigenvalue weighted by atomic mass is 79.9. The third-order valence-corrected chi connectivity index (χ3v) is 4.88. The van der Waals surface area contributed by atoms with Gasteiger partial charge < -0.3 is 10.1 Å². The van der Waals surface area contributed by atoms with Gasteiger partial charge >= 0.3 is 5.97 Å². The number of amides is 1. The Hall–Kier alpha value is -2.92. The molecule has 28 heavy (non-hydrogen) atoms. The summed E-state index contributed by atoms with van der Waals surface area (Å²) in [6.45, 7) is 0. The fourth-order valence-electron chi connectivity index (χ4n) is 2.99. The van der Waals surface area contributed by atoms with Gasteiger partial charge in [0, 0.05) is 16.5 Å².